The molecule has 0 amide bonds. The maximum absolute atomic E-state index is 12.7. The van der Waals surface area contributed by atoms with Crippen molar-refractivity contribution in [2.75, 3.05) is 32.9 Å². The van der Waals surface area contributed by atoms with Crippen LogP contribution in [0.15, 0.2) is 23.1 Å². The van der Waals surface area contributed by atoms with Crippen molar-refractivity contribution in [3.63, 3.8) is 0 Å². The molecule has 0 unspecified atom stereocenters. The number of aliphatic hydroxyl groups is 1. The second-order valence-corrected chi connectivity index (χ2v) is 6.70. The minimum Gasteiger partial charge on any atom is -0.395 e. The molecule has 1 aliphatic heterocycles. The predicted octanol–water partition coefficient (Wildman–Crippen LogP) is 0.750. The first-order valence-corrected chi connectivity index (χ1v) is 8.28. The summed E-state index contributed by atoms with van der Waals surface area (Å²) < 4.78 is 32.0. The van der Waals surface area contributed by atoms with Gasteiger partial charge in [0.05, 0.1) is 24.7 Å². The van der Waals surface area contributed by atoms with Crippen LogP contribution in [0.1, 0.15) is 17.5 Å². The van der Waals surface area contributed by atoms with Crippen LogP contribution in [-0.4, -0.2) is 50.7 Å². The van der Waals surface area contributed by atoms with E-state index in [-0.39, 0.29) is 11.5 Å². The summed E-state index contributed by atoms with van der Waals surface area (Å²) in [6.07, 6.45) is 0.324. The number of morpholine rings is 1. The summed E-state index contributed by atoms with van der Waals surface area (Å²) in [5.41, 5.74) is 1.43. The molecule has 114 valence electrons. The van der Waals surface area contributed by atoms with Crippen molar-refractivity contribution in [3.05, 3.63) is 29.3 Å². The monoisotopic (exact) mass is 309 g/mol. The van der Waals surface area contributed by atoms with Crippen LogP contribution >= 0.6 is 0 Å². The van der Waals surface area contributed by atoms with Crippen molar-refractivity contribution in [2.24, 2.45) is 0 Å². The lowest BCUT2D eigenvalue weighted by molar-refractivity contribution is 0.0730. The number of ether oxygens (including phenoxy) is 1. The van der Waals surface area contributed by atoms with E-state index in [1.165, 1.54) is 4.31 Å². The van der Waals surface area contributed by atoms with Crippen LogP contribution in [0, 0.1) is 18.8 Å². The lowest BCUT2D eigenvalue weighted by Gasteiger charge is -2.26. The van der Waals surface area contributed by atoms with Gasteiger partial charge in [-0.15, -0.1) is 0 Å². The summed E-state index contributed by atoms with van der Waals surface area (Å²) in [4.78, 5) is 0.223. The molecule has 1 aromatic carbocycles. The largest absolute Gasteiger partial charge is 0.395 e. The Bertz CT molecular complexity index is 652. The molecule has 1 aromatic rings. The van der Waals surface area contributed by atoms with E-state index < -0.39 is 10.0 Å². The molecular formula is C15H19NO4S. The molecule has 21 heavy (non-hydrogen) atoms. The third-order valence-electron chi connectivity index (χ3n) is 3.18. The predicted molar refractivity (Wildman–Crippen MR) is 79.3 cm³/mol. The summed E-state index contributed by atoms with van der Waals surface area (Å²) in [7, 11) is -3.56. The fourth-order valence-electron chi connectivity index (χ4n) is 2.11. The van der Waals surface area contributed by atoms with Gasteiger partial charge in [-0.05, 0) is 24.6 Å². The lowest BCUT2D eigenvalue weighted by Crippen LogP contribution is -2.40. The number of sulfonamides is 1. The normalized spacial score (nSPS) is 16.3. The van der Waals surface area contributed by atoms with Crippen LogP contribution in [0.2, 0.25) is 0 Å². The Morgan fingerprint density at radius 1 is 1.33 bits per heavy atom. The van der Waals surface area contributed by atoms with Crippen molar-refractivity contribution in [1.82, 2.24) is 4.31 Å². The third-order valence-corrected chi connectivity index (χ3v) is 5.14. The van der Waals surface area contributed by atoms with Crippen LogP contribution in [0.3, 0.4) is 0 Å². The molecule has 1 N–H and O–H groups in total. The average Bonchev–Trinajstić information content (AvgIpc) is 2.48. The van der Waals surface area contributed by atoms with Gasteiger partial charge in [0.25, 0.3) is 0 Å². The minimum atomic E-state index is -3.56. The molecule has 0 radical (unpaired) electrons. The SMILES string of the molecule is Cc1ccc(S(=O)(=O)N2CCOCC2)c(C#CCCO)c1. The standard InChI is InChI=1S/C15H19NO4S/c1-13-5-6-15(14(12-13)4-2-3-9-17)21(18,19)16-7-10-20-11-8-16/h5-6,12,17H,3,7-11H2,1H3. The molecule has 0 aliphatic carbocycles. The van der Waals surface area contributed by atoms with Crippen molar-refractivity contribution >= 4 is 10.0 Å². The quantitative estimate of drug-likeness (QED) is 0.837. The Labute approximate surface area is 125 Å². The second kappa shape index (κ2) is 7.05. The van der Waals surface area contributed by atoms with Crippen molar-refractivity contribution in [1.29, 1.82) is 0 Å². The van der Waals surface area contributed by atoms with E-state index in [1.807, 2.05) is 6.92 Å². The number of rotatable bonds is 3. The van der Waals surface area contributed by atoms with Gasteiger partial charge in [0.1, 0.15) is 0 Å². The zero-order chi connectivity index (χ0) is 15.3. The second-order valence-electron chi connectivity index (χ2n) is 4.79. The molecule has 0 saturated carbocycles. The van der Waals surface area contributed by atoms with E-state index in [1.54, 1.807) is 18.2 Å². The fourth-order valence-corrected chi connectivity index (χ4v) is 3.64. The van der Waals surface area contributed by atoms with Gasteiger partial charge in [-0.2, -0.15) is 4.31 Å². The Hall–Kier alpha value is -1.39. The van der Waals surface area contributed by atoms with Gasteiger partial charge in [-0.3, -0.25) is 0 Å². The number of aliphatic hydroxyl groups excluding tert-OH is 1. The smallest absolute Gasteiger partial charge is 0.244 e. The molecule has 1 heterocycles. The van der Waals surface area contributed by atoms with Gasteiger partial charge < -0.3 is 9.84 Å². The van der Waals surface area contributed by atoms with Crippen LogP contribution in [0.5, 0.6) is 0 Å². The number of aryl methyl sites for hydroxylation is 1. The molecule has 6 heteroatoms. The van der Waals surface area contributed by atoms with Gasteiger partial charge in [-0.1, -0.05) is 17.9 Å². The Morgan fingerprint density at radius 3 is 2.71 bits per heavy atom. The first kappa shape index (κ1) is 16.0. The topological polar surface area (TPSA) is 66.8 Å². The minimum absolute atomic E-state index is 0.0373. The van der Waals surface area contributed by atoms with E-state index in [0.29, 0.717) is 38.3 Å². The van der Waals surface area contributed by atoms with Crippen LogP contribution in [0.25, 0.3) is 0 Å². The highest BCUT2D eigenvalue weighted by atomic mass is 32.2. The van der Waals surface area contributed by atoms with Crippen molar-refractivity contribution < 1.29 is 18.3 Å². The zero-order valence-electron chi connectivity index (χ0n) is 12.0. The van der Waals surface area contributed by atoms with Crippen LogP contribution in [-0.2, 0) is 14.8 Å². The average molecular weight is 309 g/mol. The van der Waals surface area contributed by atoms with E-state index in [0.717, 1.165) is 5.56 Å². The van der Waals surface area contributed by atoms with Crippen molar-refractivity contribution in [2.45, 2.75) is 18.2 Å². The van der Waals surface area contributed by atoms with Crippen LogP contribution in [0.4, 0.5) is 0 Å². The summed E-state index contributed by atoms with van der Waals surface area (Å²) >= 11 is 0. The maximum Gasteiger partial charge on any atom is 0.244 e. The van der Waals surface area contributed by atoms with E-state index >= 15 is 0 Å². The fraction of sp³-hybridized carbons (Fsp3) is 0.467. The van der Waals surface area contributed by atoms with Gasteiger partial charge in [0.15, 0.2) is 0 Å². The summed E-state index contributed by atoms with van der Waals surface area (Å²) in [5.74, 6) is 5.64. The zero-order valence-corrected chi connectivity index (χ0v) is 12.8. The van der Waals surface area contributed by atoms with Crippen molar-refractivity contribution in [3.8, 4) is 11.8 Å². The highest BCUT2D eigenvalue weighted by molar-refractivity contribution is 7.89. The Balaban J connectivity index is 2.40. The molecule has 0 spiro atoms. The molecule has 2 rings (SSSR count). The van der Waals surface area contributed by atoms with Gasteiger partial charge in [0.2, 0.25) is 10.0 Å². The summed E-state index contributed by atoms with van der Waals surface area (Å²) in [6, 6.07) is 5.13. The Kier molecular flexibility index (Phi) is 5.37. The van der Waals surface area contributed by atoms with E-state index in [9.17, 15) is 8.42 Å². The molecule has 5 nitrogen and oxygen atoms in total. The number of nitrogens with zero attached hydrogens (tertiary/aromatic N) is 1. The first-order chi connectivity index (χ1) is 10.1. The number of hydrogen-bond acceptors (Lipinski definition) is 4. The molecule has 1 fully saturated rings. The van der Waals surface area contributed by atoms with Gasteiger partial charge in [0, 0.05) is 25.1 Å². The Morgan fingerprint density at radius 2 is 2.05 bits per heavy atom. The molecular weight excluding hydrogens is 290 g/mol. The third kappa shape index (κ3) is 3.83. The molecule has 1 saturated heterocycles. The summed E-state index contributed by atoms with van der Waals surface area (Å²) in [6.45, 7) is 3.40. The van der Waals surface area contributed by atoms with Crippen LogP contribution < -0.4 is 0 Å². The number of benzene rings is 1. The molecule has 0 aromatic heterocycles. The molecule has 0 bridgehead atoms. The number of hydrogen-bond donors (Lipinski definition) is 1. The summed E-state index contributed by atoms with van der Waals surface area (Å²) in [5, 5.41) is 8.79. The highest BCUT2D eigenvalue weighted by Gasteiger charge is 2.28. The molecule has 1 aliphatic rings. The highest BCUT2D eigenvalue weighted by Crippen LogP contribution is 2.22. The molecule has 0 atom stereocenters. The lowest BCUT2D eigenvalue weighted by atomic mass is 10.1. The van der Waals surface area contributed by atoms with Gasteiger partial charge >= 0.3 is 0 Å². The van der Waals surface area contributed by atoms with E-state index in [2.05, 4.69) is 11.8 Å². The maximum atomic E-state index is 12.7. The first-order valence-electron chi connectivity index (χ1n) is 6.84. The van der Waals surface area contributed by atoms with Gasteiger partial charge in [-0.25, -0.2) is 8.42 Å². The van der Waals surface area contributed by atoms with E-state index in [4.69, 9.17) is 9.84 Å².